The first kappa shape index (κ1) is 14.9. The molecule has 21 heavy (non-hydrogen) atoms. The van der Waals surface area contributed by atoms with Gasteiger partial charge in [-0.2, -0.15) is 0 Å². The SMILES string of the molecule is C=CC(=O)Oc1c(N)cc(OC(C)=O)c2cc(Cl)ccc12. The second-order valence-electron chi connectivity index (χ2n) is 4.20. The van der Waals surface area contributed by atoms with E-state index >= 15 is 0 Å². The van der Waals surface area contributed by atoms with Gasteiger partial charge in [0.1, 0.15) is 5.75 Å². The number of ether oxygens (including phenoxy) is 2. The fourth-order valence-corrected chi connectivity index (χ4v) is 2.03. The second kappa shape index (κ2) is 5.85. The highest BCUT2D eigenvalue weighted by Gasteiger charge is 2.16. The van der Waals surface area contributed by atoms with E-state index in [1.165, 1.54) is 13.0 Å². The minimum atomic E-state index is -0.641. The van der Waals surface area contributed by atoms with Crippen LogP contribution in [0.2, 0.25) is 5.02 Å². The summed E-state index contributed by atoms with van der Waals surface area (Å²) in [4.78, 5) is 22.6. The Balaban J connectivity index is 2.71. The summed E-state index contributed by atoms with van der Waals surface area (Å²) in [6.45, 7) is 4.61. The molecule has 0 fully saturated rings. The topological polar surface area (TPSA) is 78.6 Å². The molecule has 0 spiro atoms. The Morgan fingerprint density at radius 1 is 1.24 bits per heavy atom. The summed E-state index contributed by atoms with van der Waals surface area (Å²) in [7, 11) is 0. The summed E-state index contributed by atoms with van der Waals surface area (Å²) >= 11 is 5.96. The number of rotatable bonds is 3. The maximum absolute atomic E-state index is 11.4. The van der Waals surface area contributed by atoms with Gasteiger partial charge in [-0.05, 0) is 18.2 Å². The number of anilines is 1. The summed E-state index contributed by atoms with van der Waals surface area (Å²) in [6.07, 6.45) is 1.03. The molecule has 108 valence electrons. The minimum absolute atomic E-state index is 0.163. The molecule has 2 aromatic rings. The van der Waals surface area contributed by atoms with Crippen molar-refractivity contribution in [3.8, 4) is 11.5 Å². The molecule has 0 saturated carbocycles. The standard InChI is InChI=1S/C15H12ClNO4/c1-3-14(19)21-15-10-5-4-9(16)6-11(10)13(7-12(15)17)20-8(2)18/h3-7H,1,17H2,2H3. The smallest absolute Gasteiger partial charge is 0.335 e. The molecule has 0 heterocycles. The molecule has 5 nitrogen and oxygen atoms in total. The van der Waals surface area contributed by atoms with Crippen LogP contribution in [0.25, 0.3) is 10.8 Å². The molecule has 0 aromatic heterocycles. The third kappa shape index (κ3) is 3.14. The molecule has 0 saturated heterocycles. The van der Waals surface area contributed by atoms with E-state index in [9.17, 15) is 9.59 Å². The lowest BCUT2D eigenvalue weighted by Gasteiger charge is -2.13. The molecule has 0 bridgehead atoms. The normalized spacial score (nSPS) is 10.2. The first-order valence-corrected chi connectivity index (χ1v) is 6.34. The minimum Gasteiger partial charge on any atom is -0.426 e. The van der Waals surface area contributed by atoms with Crippen molar-refractivity contribution in [2.24, 2.45) is 0 Å². The van der Waals surface area contributed by atoms with Gasteiger partial charge in [0.05, 0.1) is 5.69 Å². The van der Waals surface area contributed by atoms with Gasteiger partial charge in [-0.25, -0.2) is 4.79 Å². The number of nitrogens with two attached hydrogens (primary N) is 1. The van der Waals surface area contributed by atoms with Crippen molar-refractivity contribution in [2.45, 2.75) is 6.92 Å². The van der Waals surface area contributed by atoms with Crippen LogP contribution in [0.1, 0.15) is 6.92 Å². The highest BCUT2D eigenvalue weighted by atomic mass is 35.5. The van der Waals surface area contributed by atoms with Crippen LogP contribution < -0.4 is 15.2 Å². The predicted molar refractivity (Wildman–Crippen MR) is 80.5 cm³/mol. The lowest BCUT2D eigenvalue weighted by atomic mass is 10.1. The van der Waals surface area contributed by atoms with E-state index < -0.39 is 11.9 Å². The fourth-order valence-electron chi connectivity index (χ4n) is 1.85. The van der Waals surface area contributed by atoms with Gasteiger partial charge >= 0.3 is 11.9 Å². The highest BCUT2D eigenvalue weighted by Crippen LogP contribution is 2.40. The van der Waals surface area contributed by atoms with Crippen molar-refractivity contribution >= 4 is 40.0 Å². The van der Waals surface area contributed by atoms with Gasteiger partial charge in [-0.15, -0.1) is 0 Å². The molecule has 0 aliphatic heterocycles. The number of hydrogen-bond donors (Lipinski definition) is 1. The van der Waals surface area contributed by atoms with Gasteiger partial charge < -0.3 is 15.2 Å². The van der Waals surface area contributed by atoms with Crippen molar-refractivity contribution < 1.29 is 19.1 Å². The number of benzene rings is 2. The van der Waals surface area contributed by atoms with E-state index in [1.54, 1.807) is 18.2 Å². The Bertz CT molecular complexity index is 755. The number of hydrogen-bond acceptors (Lipinski definition) is 5. The monoisotopic (exact) mass is 305 g/mol. The number of esters is 2. The van der Waals surface area contributed by atoms with Crippen molar-refractivity contribution in [1.82, 2.24) is 0 Å². The number of nitrogen functional groups attached to an aromatic ring is 1. The van der Waals surface area contributed by atoms with Gasteiger partial charge in [0.25, 0.3) is 0 Å². The van der Waals surface area contributed by atoms with Crippen LogP contribution in [0.3, 0.4) is 0 Å². The number of halogens is 1. The molecule has 0 aliphatic carbocycles. The summed E-state index contributed by atoms with van der Waals surface area (Å²) in [5, 5.41) is 1.46. The zero-order chi connectivity index (χ0) is 15.6. The lowest BCUT2D eigenvalue weighted by molar-refractivity contribution is -0.132. The van der Waals surface area contributed by atoms with Gasteiger partial charge in [-0.1, -0.05) is 18.2 Å². The third-order valence-corrected chi connectivity index (χ3v) is 2.90. The van der Waals surface area contributed by atoms with E-state index in [-0.39, 0.29) is 17.2 Å². The molecule has 2 aromatic carbocycles. The maximum atomic E-state index is 11.4. The van der Waals surface area contributed by atoms with E-state index in [2.05, 4.69) is 6.58 Å². The van der Waals surface area contributed by atoms with Gasteiger partial charge in [0.15, 0.2) is 5.75 Å². The van der Waals surface area contributed by atoms with Crippen molar-refractivity contribution in [3.63, 3.8) is 0 Å². The van der Waals surface area contributed by atoms with Crippen LogP contribution in [0.4, 0.5) is 5.69 Å². The van der Waals surface area contributed by atoms with Crippen LogP contribution in [0.15, 0.2) is 36.9 Å². The first-order valence-electron chi connectivity index (χ1n) is 5.96. The molecular formula is C15H12ClNO4. The van der Waals surface area contributed by atoms with E-state index in [0.29, 0.717) is 15.8 Å². The molecule has 0 unspecified atom stereocenters. The molecule has 0 aliphatic rings. The molecule has 0 radical (unpaired) electrons. The van der Waals surface area contributed by atoms with Crippen molar-refractivity contribution in [2.75, 3.05) is 5.73 Å². The lowest BCUT2D eigenvalue weighted by Crippen LogP contribution is -2.08. The Morgan fingerprint density at radius 2 is 1.95 bits per heavy atom. The van der Waals surface area contributed by atoms with Crippen molar-refractivity contribution in [3.05, 3.63) is 41.9 Å². The van der Waals surface area contributed by atoms with Crippen LogP contribution in [0.5, 0.6) is 11.5 Å². The van der Waals surface area contributed by atoms with E-state index in [4.69, 9.17) is 26.8 Å². The Kier molecular flexibility index (Phi) is 4.14. The van der Waals surface area contributed by atoms with Crippen LogP contribution in [-0.2, 0) is 9.59 Å². The molecule has 2 rings (SSSR count). The second-order valence-corrected chi connectivity index (χ2v) is 4.64. The number of fused-ring (bicyclic) bond motifs is 1. The largest absolute Gasteiger partial charge is 0.426 e. The zero-order valence-corrected chi connectivity index (χ0v) is 11.9. The molecule has 0 atom stereocenters. The summed E-state index contributed by atoms with van der Waals surface area (Å²) < 4.78 is 10.3. The van der Waals surface area contributed by atoms with Crippen LogP contribution in [-0.4, -0.2) is 11.9 Å². The quantitative estimate of drug-likeness (QED) is 0.408. The average molecular weight is 306 g/mol. The summed E-state index contributed by atoms with van der Waals surface area (Å²) in [5.74, 6) is -0.719. The Hall–Kier alpha value is -2.53. The summed E-state index contributed by atoms with van der Waals surface area (Å²) in [6, 6.07) is 6.25. The highest BCUT2D eigenvalue weighted by molar-refractivity contribution is 6.31. The first-order chi connectivity index (χ1) is 9.92. The van der Waals surface area contributed by atoms with Gasteiger partial charge in [-0.3, -0.25) is 4.79 Å². The van der Waals surface area contributed by atoms with Crippen LogP contribution >= 0.6 is 11.6 Å². The zero-order valence-electron chi connectivity index (χ0n) is 11.2. The maximum Gasteiger partial charge on any atom is 0.335 e. The van der Waals surface area contributed by atoms with Gasteiger partial charge in [0, 0.05) is 34.9 Å². The van der Waals surface area contributed by atoms with E-state index in [1.807, 2.05) is 0 Å². The molecule has 0 amide bonds. The fraction of sp³-hybridized carbons (Fsp3) is 0.0667. The van der Waals surface area contributed by atoms with E-state index in [0.717, 1.165) is 6.08 Å². The average Bonchev–Trinajstić information content (AvgIpc) is 2.42. The van der Waals surface area contributed by atoms with Crippen molar-refractivity contribution in [1.29, 1.82) is 0 Å². The molecule has 2 N–H and O–H groups in total. The van der Waals surface area contributed by atoms with Crippen LogP contribution in [0, 0.1) is 0 Å². The molecular weight excluding hydrogens is 294 g/mol. The van der Waals surface area contributed by atoms with Gasteiger partial charge in [0.2, 0.25) is 0 Å². The number of carbonyl (C=O) groups is 2. The molecule has 6 heteroatoms. The number of carbonyl (C=O) groups excluding carboxylic acids is 2. The Labute approximate surface area is 125 Å². The Morgan fingerprint density at radius 3 is 2.57 bits per heavy atom. The third-order valence-electron chi connectivity index (χ3n) is 2.66. The summed E-state index contributed by atoms with van der Waals surface area (Å²) in [5.41, 5.74) is 6.03. The predicted octanol–water partition coefficient (Wildman–Crippen LogP) is 3.09.